The normalized spacial score (nSPS) is 10.8. The number of amides is 1. The molecule has 140 valence electrons. The van der Waals surface area contributed by atoms with Gasteiger partial charge < -0.3 is 14.5 Å². The number of carbonyl (C=O) groups is 1. The number of hydrogen-bond acceptors (Lipinski definition) is 4. The summed E-state index contributed by atoms with van der Waals surface area (Å²) < 4.78 is 11.2. The average Bonchev–Trinajstić information content (AvgIpc) is 3.11. The van der Waals surface area contributed by atoms with Crippen LogP contribution in [0.15, 0.2) is 71.1 Å². The van der Waals surface area contributed by atoms with Crippen molar-refractivity contribution < 1.29 is 13.9 Å². The Morgan fingerprint density at radius 3 is 2.61 bits per heavy atom. The van der Waals surface area contributed by atoms with Crippen LogP contribution < -0.4 is 10.1 Å². The Morgan fingerprint density at radius 1 is 1.04 bits per heavy atom. The van der Waals surface area contributed by atoms with Crippen molar-refractivity contribution in [3.63, 3.8) is 0 Å². The zero-order valence-electron chi connectivity index (χ0n) is 14.5. The SMILES string of the molecule is O=C(COc1ccccc1Cl)Nc1ccc2oc(-c3ccc(Cl)cc3)nc2c1. The number of carbonyl (C=O) groups excluding carboxylic acids is 1. The van der Waals surface area contributed by atoms with Gasteiger partial charge >= 0.3 is 0 Å². The number of benzene rings is 3. The van der Waals surface area contributed by atoms with Crippen molar-refractivity contribution >= 4 is 45.9 Å². The molecule has 0 saturated heterocycles. The van der Waals surface area contributed by atoms with E-state index in [9.17, 15) is 4.79 Å². The summed E-state index contributed by atoms with van der Waals surface area (Å²) in [5, 5.41) is 3.87. The van der Waals surface area contributed by atoms with Crippen molar-refractivity contribution in [3.8, 4) is 17.2 Å². The molecule has 0 atom stereocenters. The topological polar surface area (TPSA) is 64.4 Å². The number of nitrogens with one attached hydrogen (secondary N) is 1. The Hall–Kier alpha value is -3.02. The molecule has 1 amide bonds. The van der Waals surface area contributed by atoms with Gasteiger partial charge in [0.25, 0.3) is 5.91 Å². The van der Waals surface area contributed by atoms with Crippen LogP contribution in [0.2, 0.25) is 10.0 Å². The summed E-state index contributed by atoms with van der Waals surface area (Å²) in [5.74, 6) is 0.636. The van der Waals surface area contributed by atoms with Crippen molar-refractivity contribution in [2.45, 2.75) is 0 Å². The van der Waals surface area contributed by atoms with E-state index in [0.29, 0.717) is 38.5 Å². The Kier molecular flexibility index (Phi) is 5.19. The van der Waals surface area contributed by atoms with Gasteiger partial charge in [0.05, 0.1) is 5.02 Å². The molecule has 1 N–H and O–H groups in total. The zero-order valence-corrected chi connectivity index (χ0v) is 16.0. The van der Waals surface area contributed by atoms with E-state index in [1.165, 1.54) is 0 Å². The Bertz CT molecular complexity index is 1140. The molecule has 4 rings (SSSR count). The highest BCUT2D eigenvalue weighted by molar-refractivity contribution is 6.32. The molecular formula is C21H14Cl2N2O3. The Labute approximate surface area is 170 Å². The molecule has 3 aromatic carbocycles. The molecule has 0 spiro atoms. The quantitative estimate of drug-likeness (QED) is 0.448. The number of halogens is 2. The predicted octanol–water partition coefficient (Wildman–Crippen LogP) is 5.82. The third-order valence-corrected chi connectivity index (χ3v) is 4.52. The lowest BCUT2D eigenvalue weighted by molar-refractivity contribution is -0.118. The third kappa shape index (κ3) is 4.11. The molecule has 4 aromatic rings. The van der Waals surface area contributed by atoms with Crippen LogP contribution in [-0.4, -0.2) is 17.5 Å². The average molecular weight is 413 g/mol. The standard InChI is InChI=1S/C21H14Cl2N2O3/c22-14-7-5-13(6-8-14)21-25-17-11-15(9-10-19(17)28-21)24-20(26)12-27-18-4-2-1-3-16(18)23/h1-11H,12H2,(H,24,26). The molecule has 0 aliphatic rings. The minimum absolute atomic E-state index is 0.156. The van der Waals surface area contributed by atoms with E-state index in [1.807, 2.05) is 12.1 Å². The monoisotopic (exact) mass is 412 g/mol. The summed E-state index contributed by atoms with van der Waals surface area (Å²) in [6.07, 6.45) is 0. The van der Waals surface area contributed by atoms with E-state index in [2.05, 4.69) is 10.3 Å². The van der Waals surface area contributed by atoms with Gasteiger partial charge in [-0.2, -0.15) is 0 Å². The van der Waals surface area contributed by atoms with Crippen LogP contribution in [0.4, 0.5) is 5.69 Å². The van der Waals surface area contributed by atoms with Gasteiger partial charge in [-0.25, -0.2) is 4.98 Å². The van der Waals surface area contributed by atoms with Gasteiger partial charge in [0.15, 0.2) is 12.2 Å². The molecule has 0 unspecified atom stereocenters. The molecular weight excluding hydrogens is 399 g/mol. The number of anilines is 1. The highest BCUT2D eigenvalue weighted by Crippen LogP contribution is 2.27. The maximum absolute atomic E-state index is 12.2. The minimum Gasteiger partial charge on any atom is -0.482 e. The maximum Gasteiger partial charge on any atom is 0.262 e. The van der Waals surface area contributed by atoms with Crippen LogP contribution in [0, 0.1) is 0 Å². The van der Waals surface area contributed by atoms with Crippen molar-refractivity contribution in [1.29, 1.82) is 0 Å². The summed E-state index contributed by atoms with van der Waals surface area (Å²) in [5.41, 5.74) is 2.67. The summed E-state index contributed by atoms with van der Waals surface area (Å²) in [4.78, 5) is 16.6. The third-order valence-electron chi connectivity index (χ3n) is 3.96. The van der Waals surface area contributed by atoms with E-state index in [1.54, 1.807) is 54.6 Å². The number of ether oxygens (including phenoxy) is 1. The molecule has 28 heavy (non-hydrogen) atoms. The number of aromatic nitrogens is 1. The van der Waals surface area contributed by atoms with Crippen LogP contribution >= 0.6 is 23.2 Å². The molecule has 0 saturated carbocycles. The lowest BCUT2D eigenvalue weighted by Gasteiger charge is -2.08. The van der Waals surface area contributed by atoms with Gasteiger partial charge in [0.1, 0.15) is 11.3 Å². The second kappa shape index (κ2) is 7.92. The smallest absolute Gasteiger partial charge is 0.262 e. The van der Waals surface area contributed by atoms with Gasteiger partial charge in [-0.05, 0) is 54.6 Å². The fourth-order valence-corrected chi connectivity index (χ4v) is 2.94. The van der Waals surface area contributed by atoms with Gasteiger partial charge in [0, 0.05) is 16.3 Å². The van der Waals surface area contributed by atoms with Crippen LogP contribution in [-0.2, 0) is 4.79 Å². The Balaban J connectivity index is 1.46. The lowest BCUT2D eigenvalue weighted by Crippen LogP contribution is -2.20. The van der Waals surface area contributed by atoms with E-state index in [4.69, 9.17) is 32.4 Å². The second-order valence-corrected chi connectivity index (χ2v) is 6.82. The highest BCUT2D eigenvalue weighted by Gasteiger charge is 2.11. The fraction of sp³-hybridized carbons (Fsp3) is 0.0476. The summed E-state index contributed by atoms with van der Waals surface area (Å²) >= 11 is 11.9. The molecule has 0 radical (unpaired) electrons. The number of nitrogens with zero attached hydrogens (tertiary/aromatic N) is 1. The first kappa shape index (κ1) is 18.3. The maximum atomic E-state index is 12.2. The number of fused-ring (bicyclic) bond motifs is 1. The van der Waals surface area contributed by atoms with E-state index < -0.39 is 0 Å². The van der Waals surface area contributed by atoms with Crippen LogP contribution in [0.5, 0.6) is 5.75 Å². The van der Waals surface area contributed by atoms with Crippen LogP contribution in [0.25, 0.3) is 22.6 Å². The summed E-state index contributed by atoms with van der Waals surface area (Å²) in [6, 6.07) is 19.4. The second-order valence-electron chi connectivity index (χ2n) is 5.98. The first-order valence-electron chi connectivity index (χ1n) is 8.42. The number of para-hydroxylation sites is 1. The van der Waals surface area contributed by atoms with Crippen molar-refractivity contribution in [3.05, 3.63) is 76.8 Å². The molecule has 1 heterocycles. The minimum atomic E-state index is -0.305. The van der Waals surface area contributed by atoms with Gasteiger partial charge in [-0.1, -0.05) is 35.3 Å². The van der Waals surface area contributed by atoms with E-state index in [0.717, 1.165) is 5.56 Å². The number of hydrogen-bond donors (Lipinski definition) is 1. The van der Waals surface area contributed by atoms with E-state index in [-0.39, 0.29) is 12.5 Å². The predicted molar refractivity (Wildman–Crippen MR) is 110 cm³/mol. The molecule has 0 fully saturated rings. The first-order chi connectivity index (χ1) is 13.6. The fourth-order valence-electron chi connectivity index (χ4n) is 2.62. The Morgan fingerprint density at radius 2 is 1.82 bits per heavy atom. The highest BCUT2D eigenvalue weighted by atomic mass is 35.5. The summed E-state index contributed by atoms with van der Waals surface area (Å²) in [7, 11) is 0. The zero-order chi connectivity index (χ0) is 19.5. The number of rotatable bonds is 5. The van der Waals surface area contributed by atoms with Crippen molar-refractivity contribution in [1.82, 2.24) is 4.98 Å². The molecule has 5 nitrogen and oxygen atoms in total. The lowest BCUT2D eigenvalue weighted by atomic mass is 10.2. The molecule has 0 bridgehead atoms. The summed E-state index contributed by atoms with van der Waals surface area (Å²) in [6.45, 7) is -0.156. The molecule has 0 aliphatic heterocycles. The molecule has 1 aromatic heterocycles. The van der Waals surface area contributed by atoms with Gasteiger partial charge in [-0.3, -0.25) is 4.79 Å². The van der Waals surface area contributed by atoms with E-state index >= 15 is 0 Å². The van der Waals surface area contributed by atoms with Crippen LogP contribution in [0.3, 0.4) is 0 Å². The van der Waals surface area contributed by atoms with Crippen molar-refractivity contribution in [2.75, 3.05) is 11.9 Å². The number of oxazole rings is 1. The van der Waals surface area contributed by atoms with Crippen LogP contribution in [0.1, 0.15) is 0 Å². The largest absolute Gasteiger partial charge is 0.482 e. The van der Waals surface area contributed by atoms with Gasteiger partial charge in [-0.15, -0.1) is 0 Å². The first-order valence-corrected chi connectivity index (χ1v) is 9.18. The van der Waals surface area contributed by atoms with Crippen molar-refractivity contribution in [2.24, 2.45) is 0 Å². The molecule has 0 aliphatic carbocycles. The molecule has 7 heteroatoms. The van der Waals surface area contributed by atoms with Gasteiger partial charge in [0.2, 0.25) is 5.89 Å².